The van der Waals surface area contributed by atoms with Gasteiger partial charge in [0.2, 0.25) is 5.95 Å². The number of aryl methyl sites for hydroxylation is 2. The molecule has 4 heterocycles. The van der Waals surface area contributed by atoms with Crippen LogP contribution in [0.3, 0.4) is 0 Å². The van der Waals surface area contributed by atoms with E-state index in [0.717, 1.165) is 24.4 Å². The van der Waals surface area contributed by atoms with Gasteiger partial charge >= 0.3 is 0 Å². The maximum Gasteiger partial charge on any atom is 0.228 e. The van der Waals surface area contributed by atoms with Crippen molar-refractivity contribution in [3.8, 4) is 11.3 Å². The third-order valence-electron chi connectivity index (χ3n) is 5.98. The summed E-state index contributed by atoms with van der Waals surface area (Å²) in [5.41, 5.74) is 3.20. The third kappa shape index (κ3) is 3.95. The van der Waals surface area contributed by atoms with Gasteiger partial charge in [-0.15, -0.1) is 0 Å². The van der Waals surface area contributed by atoms with Crippen LogP contribution in [-0.2, 0) is 9.47 Å². The van der Waals surface area contributed by atoms with E-state index in [-0.39, 0.29) is 6.10 Å². The van der Waals surface area contributed by atoms with E-state index in [1.165, 1.54) is 6.07 Å². The largest absolute Gasteiger partial charge is 0.381 e. The Morgan fingerprint density at radius 3 is 2.71 bits per heavy atom. The molecule has 0 amide bonds. The molecule has 0 unspecified atom stereocenters. The van der Waals surface area contributed by atoms with Crippen LogP contribution >= 0.6 is 11.6 Å². The zero-order valence-corrected chi connectivity index (χ0v) is 18.2. The second-order valence-corrected chi connectivity index (χ2v) is 8.48. The van der Waals surface area contributed by atoms with E-state index in [1.54, 1.807) is 12.1 Å². The Labute approximate surface area is 184 Å². The van der Waals surface area contributed by atoms with Gasteiger partial charge < -0.3 is 14.4 Å². The molecule has 0 bridgehead atoms. The monoisotopic (exact) mass is 443 g/mol. The Bertz CT molecular complexity index is 1140. The lowest BCUT2D eigenvalue weighted by molar-refractivity contribution is -0.00167. The smallest absolute Gasteiger partial charge is 0.228 e. The number of hydrogen-bond donors (Lipinski definition) is 0. The minimum absolute atomic E-state index is 0.0529. The Kier molecular flexibility index (Phi) is 5.45. The summed E-state index contributed by atoms with van der Waals surface area (Å²) in [6.07, 6.45) is 1.04. The van der Waals surface area contributed by atoms with Crippen molar-refractivity contribution in [3.63, 3.8) is 0 Å². The van der Waals surface area contributed by atoms with Gasteiger partial charge in [-0.1, -0.05) is 11.6 Å². The molecule has 1 aromatic carbocycles. The first kappa shape index (κ1) is 20.5. The van der Waals surface area contributed by atoms with Gasteiger partial charge in [0.05, 0.1) is 30.7 Å². The lowest BCUT2D eigenvalue weighted by Crippen LogP contribution is -2.46. The highest BCUT2D eigenvalue weighted by atomic mass is 35.5. The van der Waals surface area contributed by atoms with Crippen molar-refractivity contribution in [2.75, 3.05) is 37.8 Å². The summed E-state index contributed by atoms with van der Waals surface area (Å²) < 4.78 is 26.4. The summed E-state index contributed by atoms with van der Waals surface area (Å²) in [7, 11) is 0. The molecule has 0 aliphatic carbocycles. The number of benzene rings is 1. The number of anilines is 1. The van der Waals surface area contributed by atoms with Gasteiger partial charge in [0.25, 0.3) is 0 Å². The molecule has 0 N–H and O–H groups in total. The van der Waals surface area contributed by atoms with E-state index in [9.17, 15) is 4.39 Å². The summed E-state index contributed by atoms with van der Waals surface area (Å²) in [5.74, 6) is 0.407. The predicted molar refractivity (Wildman–Crippen MR) is 116 cm³/mol. The van der Waals surface area contributed by atoms with Gasteiger partial charge in [0, 0.05) is 36.2 Å². The van der Waals surface area contributed by atoms with Crippen molar-refractivity contribution in [1.82, 2.24) is 19.9 Å². The Balaban J connectivity index is 1.61. The lowest BCUT2D eigenvalue weighted by atomic mass is 10.0. The molecule has 162 valence electrons. The van der Waals surface area contributed by atoms with Crippen molar-refractivity contribution in [2.45, 2.75) is 26.4 Å². The first-order valence-corrected chi connectivity index (χ1v) is 10.8. The zero-order valence-electron chi connectivity index (χ0n) is 17.4. The molecule has 0 saturated carbocycles. The van der Waals surface area contributed by atoms with E-state index in [0.29, 0.717) is 65.6 Å². The van der Waals surface area contributed by atoms with E-state index >= 15 is 0 Å². The molecule has 7 nitrogen and oxygen atoms in total. The van der Waals surface area contributed by atoms with Gasteiger partial charge in [-0.25, -0.2) is 19.3 Å². The summed E-state index contributed by atoms with van der Waals surface area (Å²) in [6.45, 7) is 7.11. The second-order valence-electron chi connectivity index (χ2n) is 8.04. The number of rotatable bonds is 3. The van der Waals surface area contributed by atoms with Crippen LogP contribution in [0.25, 0.3) is 22.4 Å². The summed E-state index contributed by atoms with van der Waals surface area (Å²) in [4.78, 5) is 20.8. The van der Waals surface area contributed by atoms with Crippen LogP contribution in [-0.4, -0.2) is 59.0 Å². The molecule has 2 saturated heterocycles. The van der Waals surface area contributed by atoms with E-state index in [1.807, 2.05) is 13.8 Å². The topological polar surface area (TPSA) is 73.3 Å². The predicted octanol–water partition coefficient (Wildman–Crippen LogP) is 3.74. The molecule has 2 aliphatic rings. The molecule has 31 heavy (non-hydrogen) atoms. The SMILES string of the molecule is Cc1nc2nc(N3CCO[C@H]([C@@H]4CCOC4)C3)nc(-c3ccc(Cl)cc3F)c2nc1C. The highest BCUT2D eigenvalue weighted by molar-refractivity contribution is 6.30. The van der Waals surface area contributed by atoms with Gasteiger partial charge in [-0.2, -0.15) is 4.98 Å². The van der Waals surface area contributed by atoms with Crippen LogP contribution in [0.5, 0.6) is 0 Å². The van der Waals surface area contributed by atoms with Gasteiger partial charge in [0.1, 0.15) is 17.0 Å². The summed E-state index contributed by atoms with van der Waals surface area (Å²) in [5, 5.41) is 0.327. The molecule has 2 aliphatic heterocycles. The van der Waals surface area contributed by atoms with Crippen LogP contribution in [0.2, 0.25) is 5.02 Å². The molecule has 2 aromatic heterocycles. The van der Waals surface area contributed by atoms with Crippen molar-refractivity contribution >= 4 is 28.7 Å². The fraction of sp³-hybridized carbons (Fsp3) is 0.455. The minimum Gasteiger partial charge on any atom is -0.381 e. The average Bonchev–Trinajstić information content (AvgIpc) is 3.29. The number of halogens is 2. The van der Waals surface area contributed by atoms with Crippen molar-refractivity contribution in [3.05, 3.63) is 40.4 Å². The quantitative estimate of drug-likeness (QED) is 0.610. The molecule has 9 heteroatoms. The molecule has 2 fully saturated rings. The number of nitrogens with zero attached hydrogens (tertiary/aromatic N) is 5. The Morgan fingerprint density at radius 2 is 1.94 bits per heavy atom. The number of hydrogen-bond acceptors (Lipinski definition) is 7. The third-order valence-corrected chi connectivity index (χ3v) is 6.22. The van der Waals surface area contributed by atoms with Crippen molar-refractivity contribution in [1.29, 1.82) is 0 Å². The average molecular weight is 444 g/mol. The first-order valence-electron chi connectivity index (χ1n) is 10.4. The van der Waals surface area contributed by atoms with Gasteiger partial charge in [0.15, 0.2) is 5.65 Å². The van der Waals surface area contributed by atoms with Crippen LogP contribution in [0.4, 0.5) is 10.3 Å². The van der Waals surface area contributed by atoms with E-state index in [2.05, 4.69) is 14.9 Å². The molecular formula is C22H23ClFN5O2. The maximum absolute atomic E-state index is 14.8. The maximum atomic E-state index is 14.8. The van der Waals surface area contributed by atoms with Gasteiger partial charge in [-0.05, 0) is 38.5 Å². The number of morpholine rings is 1. The minimum atomic E-state index is -0.457. The standard InChI is InChI=1S/C22H23ClFN5O2/c1-12-13(2)26-21-20(25-12)19(16-4-3-15(23)9-17(16)24)27-22(28-21)29-6-8-31-18(10-29)14-5-7-30-11-14/h3-4,9,14,18H,5-8,10-11H2,1-2H3/t14-,18+/m1/s1. The highest BCUT2D eigenvalue weighted by Crippen LogP contribution is 2.31. The fourth-order valence-corrected chi connectivity index (χ4v) is 4.26. The molecule has 5 rings (SSSR count). The number of aromatic nitrogens is 4. The second kappa shape index (κ2) is 8.26. The normalized spacial score (nSPS) is 21.7. The van der Waals surface area contributed by atoms with Crippen LogP contribution in [0.15, 0.2) is 18.2 Å². The molecule has 0 spiro atoms. The van der Waals surface area contributed by atoms with Crippen molar-refractivity contribution < 1.29 is 13.9 Å². The van der Waals surface area contributed by atoms with Crippen LogP contribution < -0.4 is 4.90 Å². The number of fused-ring (bicyclic) bond motifs is 1. The molecule has 0 radical (unpaired) electrons. The first-order chi connectivity index (χ1) is 15.0. The van der Waals surface area contributed by atoms with Crippen molar-refractivity contribution in [2.24, 2.45) is 5.92 Å². The van der Waals surface area contributed by atoms with Crippen LogP contribution in [0, 0.1) is 25.6 Å². The lowest BCUT2D eigenvalue weighted by Gasteiger charge is -2.35. The molecular weight excluding hydrogens is 421 g/mol. The molecule has 3 aromatic rings. The highest BCUT2D eigenvalue weighted by Gasteiger charge is 2.32. The zero-order chi connectivity index (χ0) is 21.5. The van der Waals surface area contributed by atoms with E-state index in [4.69, 9.17) is 31.0 Å². The van der Waals surface area contributed by atoms with Crippen LogP contribution in [0.1, 0.15) is 17.8 Å². The van der Waals surface area contributed by atoms with E-state index < -0.39 is 5.82 Å². The Hall–Kier alpha value is -2.42. The molecule has 2 atom stereocenters. The summed E-state index contributed by atoms with van der Waals surface area (Å²) in [6, 6.07) is 4.55. The summed E-state index contributed by atoms with van der Waals surface area (Å²) >= 11 is 5.97. The van der Waals surface area contributed by atoms with Gasteiger partial charge in [-0.3, -0.25) is 0 Å². The fourth-order valence-electron chi connectivity index (χ4n) is 4.10. The Morgan fingerprint density at radius 1 is 1.10 bits per heavy atom. The number of ether oxygens (including phenoxy) is 2.